The third-order valence-electron chi connectivity index (χ3n) is 4.21. The van der Waals surface area contributed by atoms with Crippen molar-refractivity contribution in [2.45, 2.75) is 45.2 Å². The van der Waals surface area contributed by atoms with Crippen LogP contribution in [0.25, 0.3) is 0 Å². The summed E-state index contributed by atoms with van der Waals surface area (Å²) in [6.45, 7) is 7.49. The molecule has 1 aliphatic heterocycles. The molecular formula is C17H27BrN2O. The number of ether oxygens (including phenoxy) is 1. The van der Waals surface area contributed by atoms with Gasteiger partial charge in [-0.25, -0.2) is 0 Å². The fraction of sp³-hybridized carbons (Fsp3) is 0.647. The quantitative estimate of drug-likeness (QED) is 0.781. The summed E-state index contributed by atoms with van der Waals surface area (Å²) in [7, 11) is 2.19. The average Bonchev–Trinajstić information content (AvgIpc) is 2.65. The van der Waals surface area contributed by atoms with E-state index in [4.69, 9.17) is 4.74 Å². The number of hydrogen-bond acceptors (Lipinski definition) is 3. The second-order valence-electron chi connectivity index (χ2n) is 6.11. The van der Waals surface area contributed by atoms with Crippen molar-refractivity contribution in [3.8, 4) is 5.75 Å². The average molecular weight is 355 g/mol. The van der Waals surface area contributed by atoms with Crippen molar-refractivity contribution in [1.29, 1.82) is 0 Å². The summed E-state index contributed by atoms with van der Waals surface area (Å²) in [6, 6.07) is 7.41. The molecule has 1 heterocycles. The van der Waals surface area contributed by atoms with E-state index in [1.165, 1.54) is 12.0 Å². The van der Waals surface area contributed by atoms with E-state index in [9.17, 15) is 0 Å². The molecule has 118 valence electrons. The smallest absolute Gasteiger partial charge is 0.125 e. The number of nitrogens with zero attached hydrogens (tertiary/aromatic N) is 1. The van der Waals surface area contributed by atoms with Crippen LogP contribution in [-0.4, -0.2) is 37.7 Å². The summed E-state index contributed by atoms with van der Waals surface area (Å²) in [6.07, 6.45) is 3.43. The van der Waals surface area contributed by atoms with Gasteiger partial charge in [0.1, 0.15) is 5.75 Å². The zero-order valence-corrected chi connectivity index (χ0v) is 14.9. The van der Waals surface area contributed by atoms with Gasteiger partial charge in [-0.2, -0.15) is 0 Å². The minimum atomic E-state index is 0.417. The predicted octanol–water partition coefficient (Wildman–Crippen LogP) is 3.98. The van der Waals surface area contributed by atoms with E-state index in [0.29, 0.717) is 12.1 Å². The minimum absolute atomic E-state index is 0.417. The number of hydrogen-bond donors (Lipinski definition) is 1. The topological polar surface area (TPSA) is 24.5 Å². The Labute approximate surface area is 137 Å². The first kappa shape index (κ1) is 16.8. The Hall–Kier alpha value is -0.580. The molecule has 0 aliphatic carbocycles. The lowest BCUT2D eigenvalue weighted by molar-refractivity contribution is 0.267. The number of nitrogens with one attached hydrogen (secondary N) is 1. The molecule has 21 heavy (non-hydrogen) atoms. The standard InChI is InChI=1S/C17H27BrN2O/c1-13(2)20(3)10-5-9-19-16-6-4-11-21-17-12-14(18)7-8-15(16)17/h7-8,12-13,16,19H,4-6,9-11H2,1-3H3. The van der Waals surface area contributed by atoms with Gasteiger partial charge in [0.2, 0.25) is 0 Å². The van der Waals surface area contributed by atoms with Gasteiger partial charge in [-0.15, -0.1) is 0 Å². The number of fused-ring (bicyclic) bond motifs is 1. The maximum Gasteiger partial charge on any atom is 0.125 e. The first-order chi connectivity index (χ1) is 10.1. The van der Waals surface area contributed by atoms with Crippen molar-refractivity contribution in [2.24, 2.45) is 0 Å². The van der Waals surface area contributed by atoms with Crippen LogP contribution in [0.3, 0.4) is 0 Å². The van der Waals surface area contributed by atoms with E-state index in [1.54, 1.807) is 0 Å². The lowest BCUT2D eigenvalue weighted by Crippen LogP contribution is -2.30. The van der Waals surface area contributed by atoms with Gasteiger partial charge in [0.05, 0.1) is 6.61 Å². The Kier molecular flexibility index (Phi) is 6.52. The summed E-state index contributed by atoms with van der Waals surface area (Å²) < 4.78 is 6.94. The molecule has 1 unspecified atom stereocenters. The van der Waals surface area contributed by atoms with E-state index < -0.39 is 0 Å². The fourth-order valence-electron chi connectivity index (χ4n) is 2.62. The van der Waals surface area contributed by atoms with Gasteiger partial charge in [-0.3, -0.25) is 0 Å². The molecule has 0 fully saturated rings. The summed E-state index contributed by atoms with van der Waals surface area (Å²) >= 11 is 3.52. The summed E-state index contributed by atoms with van der Waals surface area (Å²) in [5.74, 6) is 1.03. The summed E-state index contributed by atoms with van der Waals surface area (Å²) in [5.41, 5.74) is 1.30. The van der Waals surface area contributed by atoms with Gasteiger partial charge in [-0.05, 0) is 65.4 Å². The molecule has 1 aliphatic rings. The van der Waals surface area contributed by atoms with Crippen LogP contribution in [-0.2, 0) is 0 Å². The van der Waals surface area contributed by atoms with Crippen LogP contribution < -0.4 is 10.1 Å². The summed E-state index contributed by atoms with van der Waals surface area (Å²) in [5, 5.41) is 3.71. The molecule has 0 aromatic heterocycles. The molecule has 4 heteroatoms. The van der Waals surface area contributed by atoms with Crippen molar-refractivity contribution < 1.29 is 4.74 Å². The maximum atomic E-state index is 5.86. The molecule has 3 nitrogen and oxygen atoms in total. The van der Waals surface area contributed by atoms with Gasteiger partial charge in [0.15, 0.2) is 0 Å². The zero-order valence-electron chi connectivity index (χ0n) is 13.4. The van der Waals surface area contributed by atoms with Crippen LogP contribution in [0.4, 0.5) is 0 Å². The Morgan fingerprint density at radius 2 is 2.24 bits per heavy atom. The molecular weight excluding hydrogens is 328 g/mol. The SMILES string of the molecule is CC(C)N(C)CCCNC1CCCOc2cc(Br)ccc21. The Balaban J connectivity index is 1.89. The number of rotatable bonds is 6. The molecule has 0 bridgehead atoms. The van der Waals surface area contributed by atoms with Gasteiger partial charge in [0, 0.05) is 22.1 Å². The molecule has 1 atom stereocenters. The van der Waals surface area contributed by atoms with Crippen molar-refractivity contribution in [3.63, 3.8) is 0 Å². The number of benzene rings is 1. The molecule has 0 saturated heterocycles. The first-order valence-corrected chi connectivity index (χ1v) is 8.73. The fourth-order valence-corrected chi connectivity index (χ4v) is 2.96. The molecule has 0 amide bonds. The first-order valence-electron chi connectivity index (χ1n) is 7.94. The zero-order chi connectivity index (χ0) is 15.2. The van der Waals surface area contributed by atoms with Crippen LogP contribution in [0.1, 0.15) is 44.7 Å². The molecule has 0 spiro atoms. The second-order valence-corrected chi connectivity index (χ2v) is 7.02. The van der Waals surface area contributed by atoms with Crippen molar-refractivity contribution in [2.75, 3.05) is 26.7 Å². The van der Waals surface area contributed by atoms with Crippen molar-refractivity contribution in [1.82, 2.24) is 10.2 Å². The van der Waals surface area contributed by atoms with E-state index in [0.717, 1.165) is 42.8 Å². The highest BCUT2D eigenvalue weighted by Crippen LogP contribution is 2.33. The lowest BCUT2D eigenvalue weighted by Gasteiger charge is -2.22. The van der Waals surface area contributed by atoms with Gasteiger partial charge in [-0.1, -0.05) is 22.0 Å². The molecule has 0 saturated carbocycles. The Morgan fingerprint density at radius 3 is 3.00 bits per heavy atom. The monoisotopic (exact) mass is 354 g/mol. The molecule has 0 radical (unpaired) electrons. The van der Waals surface area contributed by atoms with Crippen molar-refractivity contribution in [3.05, 3.63) is 28.2 Å². The van der Waals surface area contributed by atoms with E-state index >= 15 is 0 Å². The maximum absolute atomic E-state index is 5.86. The largest absolute Gasteiger partial charge is 0.493 e. The molecule has 2 rings (SSSR count). The van der Waals surface area contributed by atoms with Gasteiger partial charge >= 0.3 is 0 Å². The van der Waals surface area contributed by atoms with Crippen molar-refractivity contribution >= 4 is 15.9 Å². The van der Waals surface area contributed by atoms with E-state index in [2.05, 4.69) is 65.2 Å². The third-order valence-corrected chi connectivity index (χ3v) is 4.70. The van der Waals surface area contributed by atoms with Crippen LogP contribution in [0.5, 0.6) is 5.75 Å². The Bertz CT molecular complexity index is 450. The van der Waals surface area contributed by atoms with Crippen LogP contribution in [0, 0.1) is 0 Å². The third kappa shape index (κ3) is 4.97. The van der Waals surface area contributed by atoms with E-state index in [1.807, 2.05) is 0 Å². The minimum Gasteiger partial charge on any atom is -0.493 e. The molecule has 1 N–H and O–H groups in total. The molecule has 1 aromatic rings. The van der Waals surface area contributed by atoms with Crippen LogP contribution in [0.15, 0.2) is 22.7 Å². The van der Waals surface area contributed by atoms with E-state index in [-0.39, 0.29) is 0 Å². The lowest BCUT2D eigenvalue weighted by atomic mass is 10.0. The van der Waals surface area contributed by atoms with Gasteiger partial charge < -0.3 is 15.0 Å². The number of halogens is 1. The second kappa shape index (κ2) is 8.16. The van der Waals surface area contributed by atoms with Gasteiger partial charge in [0.25, 0.3) is 0 Å². The van der Waals surface area contributed by atoms with Crippen LogP contribution in [0.2, 0.25) is 0 Å². The highest BCUT2D eigenvalue weighted by atomic mass is 79.9. The highest BCUT2D eigenvalue weighted by Gasteiger charge is 2.19. The molecule has 1 aromatic carbocycles. The summed E-state index contributed by atoms with van der Waals surface area (Å²) in [4.78, 5) is 2.39. The normalized spacial score (nSPS) is 18.5. The highest BCUT2D eigenvalue weighted by molar-refractivity contribution is 9.10. The predicted molar refractivity (Wildman–Crippen MR) is 92.0 cm³/mol. The Morgan fingerprint density at radius 1 is 1.43 bits per heavy atom. The van der Waals surface area contributed by atoms with Crippen LogP contribution >= 0.6 is 15.9 Å².